The summed E-state index contributed by atoms with van der Waals surface area (Å²) in [6.45, 7) is 14.6. The number of rotatable bonds is 15. The van der Waals surface area contributed by atoms with Crippen LogP contribution >= 0.6 is 45.3 Å². The van der Waals surface area contributed by atoms with Crippen molar-refractivity contribution in [1.82, 2.24) is 9.97 Å². The van der Waals surface area contributed by atoms with E-state index >= 15 is 52.7 Å². The molecule has 0 unspecified atom stereocenters. The van der Waals surface area contributed by atoms with Gasteiger partial charge in [0.05, 0.1) is 27.5 Å². The number of allylic oxidation sites excluding steroid dienone is 4. The number of alkyl halides is 12. The van der Waals surface area contributed by atoms with Gasteiger partial charge in [-0.15, -0.1) is 45.3 Å². The first kappa shape index (κ1) is 62.7. The van der Waals surface area contributed by atoms with Gasteiger partial charge in [-0.05, 0) is 141 Å². The second-order valence-electron chi connectivity index (χ2n) is 23.9. The van der Waals surface area contributed by atoms with Crippen molar-refractivity contribution >= 4 is 128 Å². The number of aromatic nitrogens is 2. The third-order valence-electron chi connectivity index (χ3n) is 15.3. The summed E-state index contributed by atoms with van der Waals surface area (Å²) in [5, 5.41) is 0. The van der Waals surface area contributed by atoms with E-state index in [1.54, 1.807) is 72.8 Å². The number of thiophene rings is 4. The minimum Gasteiger partial charge on any atom is -0.378 e. The second-order valence-corrected chi connectivity index (χ2v) is 39.4. The number of aryl methyl sites for hydroxylation is 2. The van der Waals surface area contributed by atoms with Crippen LogP contribution in [0.4, 0.5) is 64.1 Å². The van der Waals surface area contributed by atoms with Crippen LogP contribution < -0.4 is 18.8 Å². The van der Waals surface area contributed by atoms with E-state index in [4.69, 9.17) is 0 Å². The largest absolute Gasteiger partial charge is 0.380 e. The van der Waals surface area contributed by atoms with Gasteiger partial charge in [-0.25, -0.2) is 0 Å². The van der Waals surface area contributed by atoms with E-state index in [0.717, 1.165) is 56.7 Å². The number of hydrogen-bond donors (Lipinski definition) is 0. The molecule has 6 heterocycles. The molecule has 0 radical (unpaired) electrons. The molecule has 2 aromatic carbocycles. The Labute approximate surface area is 509 Å². The van der Waals surface area contributed by atoms with E-state index in [-0.39, 0.29) is 42.0 Å². The maximum absolute atomic E-state index is 16.6. The summed E-state index contributed by atoms with van der Waals surface area (Å²) in [6, 6.07) is 25.6. The minimum absolute atomic E-state index is 0.00608. The molecule has 0 atom stereocenters. The Bertz CT molecular complexity index is 3810. The zero-order chi connectivity index (χ0) is 62.8. The molecule has 0 aliphatic heterocycles. The average Bonchev–Trinajstić information content (AvgIpc) is 1.73. The van der Waals surface area contributed by atoms with Gasteiger partial charge in [-0.2, -0.15) is 52.7 Å². The lowest BCUT2D eigenvalue weighted by Gasteiger charge is -2.25. The average molecular weight is 1300 g/mol. The Balaban J connectivity index is 1.06. The summed E-state index contributed by atoms with van der Waals surface area (Å²) in [5.74, 6) is -32.7. The fourth-order valence-corrected chi connectivity index (χ4v) is 18.6. The maximum Gasteiger partial charge on any atom is 0.380 e. The first-order chi connectivity index (χ1) is 39.9. The molecule has 2 aliphatic rings. The zero-order valence-electron chi connectivity index (χ0n) is 48.7. The third kappa shape index (κ3) is 10.6. The molecule has 10 rings (SSSR count). The zero-order valence-corrected chi connectivity index (χ0v) is 53.9. The minimum atomic E-state index is -5.79. The normalized spacial score (nSPS) is 17.9. The van der Waals surface area contributed by atoms with Crippen LogP contribution in [0.3, 0.4) is 0 Å². The molecule has 6 aromatic heterocycles. The molecule has 0 saturated carbocycles. The van der Waals surface area contributed by atoms with E-state index < -0.39 is 85.1 Å². The summed E-state index contributed by atoms with van der Waals surface area (Å²) in [7, 11) is 2.81. The molecule has 0 spiro atoms. The first-order valence-electron chi connectivity index (χ1n) is 27.0. The monoisotopic (exact) mass is 1290 g/mol. The van der Waals surface area contributed by atoms with Crippen molar-refractivity contribution < 1.29 is 52.7 Å². The van der Waals surface area contributed by atoms with Crippen LogP contribution in [0.15, 0.2) is 109 Å². The highest BCUT2D eigenvalue weighted by Gasteiger charge is 2.82. The molecule has 86 heavy (non-hydrogen) atoms. The molecule has 0 fully saturated rings. The molecule has 450 valence electrons. The van der Waals surface area contributed by atoms with Gasteiger partial charge in [0, 0.05) is 115 Å². The van der Waals surface area contributed by atoms with Crippen LogP contribution in [0, 0.1) is 13.8 Å². The van der Waals surface area contributed by atoms with E-state index in [1.807, 2.05) is 77.3 Å². The van der Waals surface area contributed by atoms with E-state index in [0.29, 0.717) is 41.0 Å². The summed E-state index contributed by atoms with van der Waals surface area (Å²) in [4.78, 5) is 13.8. The third-order valence-corrected chi connectivity index (χ3v) is 26.8. The fourth-order valence-electron chi connectivity index (χ4n) is 10.4. The van der Waals surface area contributed by atoms with Crippen molar-refractivity contribution in [3.63, 3.8) is 0 Å². The van der Waals surface area contributed by atoms with Crippen LogP contribution in [0.5, 0.6) is 0 Å². The van der Waals surface area contributed by atoms with Gasteiger partial charge >= 0.3 is 35.5 Å². The smallest absolute Gasteiger partial charge is 0.378 e. The molecule has 0 bridgehead atoms. The molecular formula is C64H58F12N4S4Si2. The maximum atomic E-state index is 16.6. The Hall–Kier alpha value is -6.31. The van der Waals surface area contributed by atoms with Gasteiger partial charge in [-0.3, -0.25) is 9.97 Å². The van der Waals surface area contributed by atoms with Crippen molar-refractivity contribution in [2.45, 2.75) is 88.7 Å². The molecule has 0 saturated heterocycles. The lowest BCUT2D eigenvalue weighted by Crippen LogP contribution is -2.49. The quantitative estimate of drug-likeness (QED) is 0.0756. The van der Waals surface area contributed by atoms with Gasteiger partial charge in [0.1, 0.15) is 0 Å². The summed E-state index contributed by atoms with van der Waals surface area (Å²) >= 11 is 4.19. The SMILES string of the molecule is Cc1sc([Si](C)(C)C)cc1C1=C(c2cc(-c3ccc(N(C)C)cc3)sc2/C=C/c2ccnc(-c3cc(/C=C/c4sc(-c5ccc(N(C)C)cc5)cc4C4=C(c5cc([Si](C)(C)C)sc5C)C(F)(F)C(F)(F)C4(F)F)ccn3)c2)C(F)(F)C(F)(F)C1(F)F. The van der Waals surface area contributed by atoms with Crippen LogP contribution in [0.2, 0.25) is 39.3 Å². The Morgan fingerprint density at radius 3 is 1.00 bits per heavy atom. The van der Waals surface area contributed by atoms with E-state index in [9.17, 15) is 0 Å². The number of nitrogens with zero attached hydrogens (tertiary/aromatic N) is 4. The summed E-state index contributed by atoms with van der Waals surface area (Å²) in [5.41, 5.74) is -3.43. The van der Waals surface area contributed by atoms with Gasteiger partial charge in [0.25, 0.3) is 0 Å². The van der Waals surface area contributed by atoms with Gasteiger partial charge in [-0.1, -0.05) is 75.7 Å². The number of anilines is 2. The molecule has 4 nitrogen and oxygen atoms in total. The van der Waals surface area contributed by atoms with Crippen molar-refractivity contribution in [3.8, 4) is 32.3 Å². The van der Waals surface area contributed by atoms with Crippen molar-refractivity contribution in [3.05, 3.63) is 162 Å². The number of halogens is 12. The number of pyridine rings is 2. The fraction of sp³-hybridized carbons (Fsp3) is 0.281. The van der Waals surface area contributed by atoms with Crippen LogP contribution in [-0.2, 0) is 0 Å². The molecule has 8 aromatic rings. The molecule has 22 heteroatoms. The topological polar surface area (TPSA) is 32.3 Å². The van der Waals surface area contributed by atoms with Crippen LogP contribution in [0.25, 0.3) is 78.9 Å². The molecule has 0 N–H and O–H groups in total. The standard InChI is InChI=1S/C64H58F12N4S4Si2/c1-35-43(33-53(81-35)85(7,8)9)55-57(61(69,70)63(73,74)59(55,65)66)45-31-51(39-15-19-41(20-16-39)79(3)4)83-49(45)23-13-37-25-27-77-47(29-37)48-30-38(26-28-78-48)14-24-50-46(32-52(84-50)40-17-21-42(22-18-40)80(5)6)58-56(60(67,68)64(75,76)62(58,71)72)44-34-54(82-36(44)2)86(10,11)12/h13-34H,1-12H3/b23-13+,24-14+. The van der Waals surface area contributed by atoms with Crippen molar-refractivity contribution in [2.24, 2.45) is 0 Å². The van der Waals surface area contributed by atoms with Crippen molar-refractivity contribution in [2.75, 3.05) is 38.0 Å². The van der Waals surface area contributed by atoms with Crippen molar-refractivity contribution in [1.29, 1.82) is 0 Å². The second kappa shape index (κ2) is 21.8. The predicted octanol–water partition coefficient (Wildman–Crippen LogP) is 19.6. The summed E-state index contributed by atoms with van der Waals surface area (Å²) < 4.78 is 197. The Kier molecular flexibility index (Phi) is 15.9. The van der Waals surface area contributed by atoms with Crippen LogP contribution in [-0.4, -0.2) is 89.8 Å². The summed E-state index contributed by atoms with van der Waals surface area (Å²) in [6.07, 6.45) is 8.69. The van der Waals surface area contributed by atoms with E-state index in [2.05, 4.69) is 9.97 Å². The predicted molar refractivity (Wildman–Crippen MR) is 341 cm³/mol. The number of hydrogen-bond acceptors (Lipinski definition) is 8. The Morgan fingerprint density at radius 1 is 0.395 bits per heavy atom. The van der Waals surface area contributed by atoms with Gasteiger partial charge in [0.2, 0.25) is 0 Å². The first-order valence-corrected chi connectivity index (χ1v) is 37.3. The van der Waals surface area contributed by atoms with Gasteiger partial charge < -0.3 is 9.80 Å². The van der Waals surface area contributed by atoms with Crippen LogP contribution in [0.1, 0.15) is 52.9 Å². The molecule has 0 amide bonds. The highest BCUT2D eigenvalue weighted by Crippen LogP contribution is 2.68. The highest BCUT2D eigenvalue weighted by molar-refractivity contribution is 7.27. The number of benzene rings is 2. The lowest BCUT2D eigenvalue weighted by atomic mass is 9.94. The Morgan fingerprint density at radius 2 is 0.709 bits per heavy atom. The molecular weight excluding hydrogens is 1240 g/mol. The van der Waals surface area contributed by atoms with Gasteiger partial charge in [0.15, 0.2) is 0 Å². The van der Waals surface area contributed by atoms with E-state index in [1.165, 1.54) is 74.8 Å². The highest BCUT2D eigenvalue weighted by atomic mass is 32.1. The molecule has 2 aliphatic carbocycles. The lowest BCUT2D eigenvalue weighted by molar-refractivity contribution is -0.254.